The molecule has 1 aromatic heterocycles. The highest BCUT2D eigenvalue weighted by Gasteiger charge is 2.73. The minimum atomic E-state index is -0.682. The van der Waals surface area contributed by atoms with Crippen LogP contribution in [0, 0.1) is 17.3 Å². The van der Waals surface area contributed by atoms with Crippen molar-refractivity contribution < 1.29 is 28.2 Å². The fraction of sp³-hybridized carbons (Fsp3) is 0.556. The first kappa shape index (κ1) is 22.2. The molecular formula is C27H32O6. The van der Waals surface area contributed by atoms with Crippen molar-refractivity contribution in [3.63, 3.8) is 0 Å². The molecule has 3 fully saturated rings. The van der Waals surface area contributed by atoms with Gasteiger partial charge >= 0.3 is 11.9 Å². The van der Waals surface area contributed by atoms with E-state index in [-0.39, 0.29) is 23.4 Å². The Morgan fingerprint density at radius 3 is 2.33 bits per heavy atom. The van der Waals surface area contributed by atoms with Gasteiger partial charge in [-0.2, -0.15) is 0 Å². The first-order chi connectivity index (χ1) is 15.7. The van der Waals surface area contributed by atoms with Crippen molar-refractivity contribution in [1.82, 2.24) is 0 Å². The van der Waals surface area contributed by atoms with Gasteiger partial charge in [0.1, 0.15) is 18.5 Å². The summed E-state index contributed by atoms with van der Waals surface area (Å²) >= 11 is 0. The average molecular weight is 453 g/mol. The van der Waals surface area contributed by atoms with Crippen LogP contribution in [0.2, 0.25) is 0 Å². The topological polar surface area (TPSA) is 75.0 Å². The first-order valence-electron chi connectivity index (χ1n) is 11.9. The number of benzene rings is 1. The highest BCUT2D eigenvalue weighted by atomic mass is 16.6. The van der Waals surface area contributed by atoms with Crippen LogP contribution in [-0.2, 0) is 14.2 Å². The second-order valence-electron chi connectivity index (χ2n) is 10.7. The summed E-state index contributed by atoms with van der Waals surface area (Å²) in [4.78, 5) is 26.1. The number of rotatable bonds is 4. The molecule has 2 heterocycles. The van der Waals surface area contributed by atoms with Gasteiger partial charge in [0, 0.05) is 0 Å². The molecule has 1 aromatic carbocycles. The summed E-state index contributed by atoms with van der Waals surface area (Å²) < 4.78 is 24.3. The van der Waals surface area contributed by atoms with Crippen LogP contribution in [0.5, 0.6) is 0 Å². The molecule has 6 atom stereocenters. The maximum absolute atomic E-state index is 13.1. The third kappa shape index (κ3) is 3.33. The number of esters is 2. The van der Waals surface area contributed by atoms with Crippen LogP contribution in [0.3, 0.4) is 0 Å². The maximum Gasteiger partial charge on any atom is 0.341 e. The summed E-state index contributed by atoms with van der Waals surface area (Å²) in [5.74, 6) is -0.278. The highest BCUT2D eigenvalue weighted by Crippen LogP contribution is 2.66. The molecule has 2 bridgehead atoms. The van der Waals surface area contributed by atoms with E-state index in [0.717, 1.165) is 12.8 Å². The van der Waals surface area contributed by atoms with Crippen molar-refractivity contribution in [2.24, 2.45) is 17.3 Å². The Hall–Kier alpha value is -2.60. The predicted molar refractivity (Wildman–Crippen MR) is 121 cm³/mol. The SMILES string of the molecule is C[C@@H]1CC[C@H](OC(=O)c2ccoc2)[C@@]2(C)[C@@H](OC(=O)c3ccccc3)C[C@@H]3C[C@]12OC3(C)C. The zero-order valence-corrected chi connectivity index (χ0v) is 19.7. The van der Waals surface area contributed by atoms with Crippen molar-refractivity contribution in [2.45, 2.75) is 76.8 Å². The lowest BCUT2D eigenvalue weighted by Gasteiger charge is -2.60. The van der Waals surface area contributed by atoms with Gasteiger partial charge in [-0.05, 0) is 76.5 Å². The summed E-state index contributed by atoms with van der Waals surface area (Å²) in [6, 6.07) is 10.7. The molecule has 1 aliphatic heterocycles. The van der Waals surface area contributed by atoms with Gasteiger partial charge in [0.05, 0.1) is 34.0 Å². The first-order valence-corrected chi connectivity index (χ1v) is 11.9. The lowest BCUT2D eigenvalue weighted by molar-refractivity contribution is -0.253. The Morgan fingerprint density at radius 1 is 0.939 bits per heavy atom. The van der Waals surface area contributed by atoms with E-state index in [1.807, 2.05) is 18.2 Å². The molecule has 3 aliphatic rings. The van der Waals surface area contributed by atoms with E-state index in [9.17, 15) is 9.59 Å². The molecule has 6 nitrogen and oxygen atoms in total. The largest absolute Gasteiger partial charge is 0.472 e. The van der Waals surface area contributed by atoms with Crippen LogP contribution in [0.15, 0.2) is 53.3 Å². The van der Waals surface area contributed by atoms with Crippen molar-refractivity contribution >= 4 is 11.9 Å². The fourth-order valence-electron chi connectivity index (χ4n) is 6.63. The van der Waals surface area contributed by atoms with Gasteiger partial charge in [0.25, 0.3) is 0 Å². The molecule has 0 radical (unpaired) electrons. The van der Waals surface area contributed by atoms with Gasteiger partial charge in [0.2, 0.25) is 0 Å². The number of hydrogen-bond donors (Lipinski definition) is 0. The van der Waals surface area contributed by atoms with Gasteiger partial charge in [-0.25, -0.2) is 9.59 Å². The zero-order chi connectivity index (χ0) is 23.4. The monoisotopic (exact) mass is 452 g/mol. The van der Waals surface area contributed by atoms with Gasteiger partial charge in [-0.15, -0.1) is 0 Å². The summed E-state index contributed by atoms with van der Waals surface area (Å²) in [6.45, 7) is 8.56. The van der Waals surface area contributed by atoms with Crippen LogP contribution in [0.1, 0.15) is 74.1 Å². The second kappa shape index (κ2) is 7.73. The Bertz CT molecular complexity index is 1030. The van der Waals surface area contributed by atoms with Crippen LogP contribution in [0.4, 0.5) is 0 Å². The third-order valence-corrected chi connectivity index (χ3v) is 8.65. The van der Waals surface area contributed by atoms with Gasteiger partial charge in [0.15, 0.2) is 0 Å². The van der Waals surface area contributed by atoms with E-state index in [4.69, 9.17) is 18.6 Å². The molecule has 6 heteroatoms. The van der Waals surface area contributed by atoms with Gasteiger partial charge in [-0.3, -0.25) is 0 Å². The van der Waals surface area contributed by atoms with Gasteiger partial charge < -0.3 is 18.6 Å². The molecule has 5 rings (SSSR count). The molecule has 2 aliphatic carbocycles. The quantitative estimate of drug-likeness (QED) is 0.576. The molecule has 0 unspecified atom stereocenters. The van der Waals surface area contributed by atoms with Crippen molar-refractivity contribution in [1.29, 1.82) is 0 Å². The third-order valence-electron chi connectivity index (χ3n) is 8.65. The van der Waals surface area contributed by atoms with E-state index >= 15 is 0 Å². The summed E-state index contributed by atoms with van der Waals surface area (Å²) in [7, 11) is 0. The number of hydrogen-bond acceptors (Lipinski definition) is 6. The lowest BCUT2D eigenvalue weighted by Crippen LogP contribution is -2.67. The van der Waals surface area contributed by atoms with E-state index < -0.39 is 29.2 Å². The highest BCUT2D eigenvalue weighted by molar-refractivity contribution is 5.90. The zero-order valence-electron chi connectivity index (χ0n) is 19.7. The van der Waals surface area contributed by atoms with E-state index in [1.54, 1.807) is 18.2 Å². The van der Waals surface area contributed by atoms with E-state index in [1.165, 1.54) is 12.5 Å². The molecule has 1 saturated heterocycles. The van der Waals surface area contributed by atoms with Crippen molar-refractivity contribution in [2.75, 3.05) is 0 Å². The fourth-order valence-corrected chi connectivity index (χ4v) is 6.63. The number of fused-ring (bicyclic) bond motifs is 1. The normalized spacial score (nSPS) is 36.6. The van der Waals surface area contributed by atoms with Crippen molar-refractivity contribution in [3.8, 4) is 0 Å². The minimum absolute atomic E-state index is 0.244. The standard InChI is InChI=1S/C27H32O6/c1-17-10-11-21(31-24(29)19-12-13-30-16-19)26(4)22(32-23(28)18-8-6-5-7-9-18)14-20-15-27(17,26)33-25(20,2)3/h5-9,12-13,16-17,20-22H,10-11,14-15H2,1-4H3/t17-,20-,21+,22+,26+,27+/m1/s1. The Kier molecular flexibility index (Phi) is 5.20. The Balaban J connectivity index is 1.53. The number of carbonyl (C=O) groups excluding carboxylic acids is 2. The molecule has 2 aromatic rings. The van der Waals surface area contributed by atoms with Gasteiger partial charge in [-0.1, -0.05) is 25.1 Å². The van der Waals surface area contributed by atoms with Crippen LogP contribution in [-0.4, -0.2) is 35.3 Å². The minimum Gasteiger partial charge on any atom is -0.472 e. The summed E-state index contributed by atoms with van der Waals surface area (Å²) in [6.07, 6.45) is 5.09. The Labute approximate surface area is 194 Å². The average Bonchev–Trinajstić information content (AvgIpc) is 3.40. The molecule has 2 saturated carbocycles. The van der Waals surface area contributed by atoms with Crippen LogP contribution >= 0.6 is 0 Å². The number of carbonyl (C=O) groups is 2. The summed E-state index contributed by atoms with van der Waals surface area (Å²) in [5.41, 5.74) is -0.672. The second-order valence-corrected chi connectivity index (χ2v) is 10.7. The molecule has 1 spiro atoms. The maximum atomic E-state index is 13.1. The molecule has 0 amide bonds. The molecule has 0 N–H and O–H groups in total. The smallest absolute Gasteiger partial charge is 0.341 e. The van der Waals surface area contributed by atoms with E-state index in [0.29, 0.717) is 24.0 Å². The predicted octanol–water partition coefficient (Wildman–Crippen LogP) is 5.42. The molecule has 176 valence electrons. The lowest BCUT2D eigenvalue weighted by atomic mass is 9.50. The van der Waals surface area contributed by atoms with E-state index in [2.05, 4.69) is 27.7 Å². The molecular weight excluding hydrogens is 420 g/mol. The van der Waals surface area contributed by atoms with Crippen LogP contribution < -0.4 is 0 Å². The summed E-state index contributed by atoms with van der Waals surface area (Å²) in [5, 5.41) is 0. The number of ether oxygens (including phenoxy) is 3. The number of furan rings is 1. The molecule has 33 heavy (non-hydrogen) atoms. The van der Waals surface area contributed by atoms with Crippen molar-refractivity contribution in [3.05, 3.63) is 60.1 Å². The van der Waals surface area contributed by atoms with Crippen LogP contribution in [0.25, 0.3) is 0 Å². The Morgan fingerprint density at radius 2 is 1.64 bits per heavy atom.